The van der Waals surface area contributed by atoms with Crippen molar-refractivity contribution in [3.63, 3.8) is 0 Å². The SMILES string of the molecule is C[C@@H]1CN(C(=O)[C@@H]2CC[C@H]2c2ccc(C(C)(C)C)cc2)C[C@H](C)O1. The zero-order chi connectivity index (χ0) is 17.5. The van der Waals surface area contributed by atoms with Crippen molar-refractivity contribution in [2.24, 2.45) is 5.92 Å². The van der Waals surface area contributed by atoms with Gasteiger partial charge in [-0.3, -0.25) is 4.79 Å². The first-order chi connectivity index (χ1) is 11.3. The molecule has 1 aliphatic carbocycles. The van der Waals surface area contributed by atoms with Crippen molar-refractivity contribution in [2.75, 3.05) is 13.1 Å². The molecule has 1 aromatic rings. The highest BCUT2D eigenvalue weighted by atomic mass is 16.5. The van der Waals surface area contributed by atoms with Crippen LogP contribution in [-0.4, -0.2) is 36.1 Å². The average molecular weight is 329 g/mol. The van der Waals surface area contributed by atoms with E-state index in [1.807, 2.05) is 4.90 Å². The van der Waals surface area contributed by atoms with E-state index in [2.05, 4.69) is 58.9 Å². The molecular formula is C21H31NO2. The highest BCUT2D eigenvalue weighted by molar-refractivity contribution is 5.81. The van der Waals surface area contributed by atoms with Gasteiger partial charge in [0, 0.05) is 19.0 Å². The summed E-state index contributed by atoms with van der Waals surface area (Å²) in [6.45, 7) is 12.3. The lowest BCUT2D eigenvalue weighted by Gasteiger charge is -2.42. The second kappa shape index (κ2) is 6.51. The summed E-state index contributed by atoms with van der Waals surface area (Å²) < 4.78 is 5.76. The van der Waals surface area contributed by atoms with E-state index < -0.39 is 0 Å². The molecule has 0 spiro atoms. The van der Waals surface area contributed by atoms with Gasteiger partial charge >= 0.3 is 0 Å². The zero-order valence-electron chi connectivity index (χ0n) is 15.7. The Morgan fingerprint density at radius 1 is 1.04 bits per heavy atom. The van der Waals surface area contributed by atoms with Gasteiger partial charge in [0.25, 0.3) is 0 Å². The van der Waals surface area contributed by atoms with Gasteiger partial charge in [-0.2, -0.15) is 0 Å². The van der Waals surface area contributed by atoms with Crippen LogP contribution in [0.4, 0.5) is 0 Å². The van der Waals surface area contributed by atoms with E-state index >= 15 is 0 Å². The van der Waals surface area contributed by atoms with Crippen LogP contribution in [0.3, 0.4) is 0 Å². The van der Waals surface area contributed by atoms with Crippen molar-refractivity contribution < 1.29 is 9.53 Å². The Morgan fingerprint density at radius 2 is 1.62 bits per heavy atom. The van der Waals surface area contributed by atoms with E-state index in [4.69, 9.17) is 4.74 Å². The Morgan fingerprint density at radius 3 is 2.08 bits per heavy atom. The maximum Gasteiger partial charge on any atom is 0.226 e. The lowest BCUT2D eigenvalue weighted by Crippen LogP contribution is -2.52. The molecule has 3 rings (SSSR count). The highest BCUT2D eigenvalue weighted by Gasteiger charge is 2.41. The van der Waals surface area contributed by atoms with Gasteiger partial charge in [0.15, 0.2) is 0 Å². The van der Waals surface area contributed by atoms with Crippen molar-refractivity contribution in [1.82, 2.24) is 4.90 Å². The maximum atomic E-state index is 13.0. The van der Waals surface area contributed by atoms with Gasteiger partial charge in [-0.15, -0.1) is 0 Å². The number of nitrogens with zero attached hydrogens (tertiary/aromatic N) is 1. The standard InChI is InChI=1S/C21H31NO2/c1-14-12-22(13-15(2)24-14)20(23)19-11-10-18(19)16-6-8-17(9-7-16)21(3,4)5/h6-9,14-15,18-19H,10-13H2,1-5H3/t14-,15+,18-,19+/m0/s1. The first-order valence-corrected chi connectivity index (χ1v) is 9.30. The van der Waals surface area contributed by atoms with Gasteiger partial charge < -0.3 is 9.64 Å². The average Bonchev–Trinajstić information content (AvgIpc) is 2.44. The fraction of sp³-hybridized carbons (Fsp3) is 0.667. The second-order valence-corrected chi connectivity index (χ2v) is 8.66. The summed E-state index contributed by atoms with van der Waals surface area (Å²) in [5.74, 6) is 0.871. The lowest BCUT2D eigenvalue weighted by atomic mass is 9.69. The van der Waals surface area contributed by atoms with Crippen LogP contribution in [0, 0.1) is 5.92 Å². The van der Waals surface area contributed by atoms with E-state index in [0.29, 0.717) is 11.8 Å². The Labute approximate surface area is 146 Å². The predicted octanol–water partition coefficient (Wildman–Crippen LogP) is 4.11. The molecule has 0 radical (unpaired) electrons. The van der Waals surface area contributed by atoms with E-state index in [-0.39, 0.29) is 23.5 Å². The number of hydrogen-bond acceptors (Lipinski definition) is 2. The van der Waals surface area contributed by atoms with Crippen LogP contribution in [-0.2, 0) is 14.9 Å². The van der Waals surface area contributed by atoms with E-state index in [1.54, 1.807) is 0 Å². The number of benzene rings is 1. The van der Waals surface area contributed by atoms with Crippen LogP contribution in [0.2, 0.25) is 0 Å². The first kappa shape index (κ1) is 17.5. The van der Waals surface area contributed by atoms with E-state index in [0.717, 1.165) is 25.9 Å². The smallest absolute Gasteiger partial charge is 0.226 e. The monoisotopic (exact) mass is 329 g/mol. The Kier molecular flexibility index (Phi) is 4.74. The third-order valence-electron chi connectivity index (χ3n) is 5.53. The summed E-state index contributed by atoms with van der Waals surface area (Å²) in [7, 11) is 0. The van der Waals surface area contributed by atoms with Gasteiger partial charge in [0.1, 0.15) is 0 Å². The van der Waals surface area contributed by atoms with E-state index in [1.165, 1.54) is 11.1 Å². The molecule has 1 heterocycles. The molecule has 3 heteroatoms. The van der Waals surface area contributed by atoms with Gasteiger partial charge in [-0.05, 0) is 49.1 Å². The molecular weight excluding hydrogens is 298 g/mol. The summed E-state index contributed by atoms with van der Waals surface area (Å²) in [6.07, 6.45) is 2.43. The number of carbonyl (C=O) groups excluding carboxylic acids is 1. The van der Waals surface area contributed by atoms with Crippen LogP contribution in [0.5, 0.6) is 0 Å². The molecule has 2 fully saturated rings. The summed E-state index contributed by atoms with van der Waals surface area (Å²) in [5.41, 5.74) is 2.85. The fourth-order valence-corrected chi connectivity index (χ4v) is 4.02. The van der Waals surface area contributed by atoms with Gasteiger partial charge in [-0.1, -0.05) is 45.0 Å². The lowest BCUT2D eigenvalue weighted by molar-refractivity contribution is -0.151. The number of ether oxygens (including phenoxy) is 1. The third kappa shape index (κ3) is 3.51. The van der Waals surface area contributed by atoms with Gasteiger partial charge in [-0.25, -0.2) is 0 Å². The van der Waals surface area contributed by atoms with Crippen molar-refractivity contribution in [3.8, 4) is 0 Å². The normalized spacial score (nSPS) is 30.8. The molecule has 0 unspecified atom stereocenters. The molecule has 1 aliphatic heterocycles. The van der Waals surface area contributed by atoms with Crippen LogP contribution in [0.15, 0.2) is 24.3 Å². The third-order valence-corrected chi connectivity index (χ3v) is 5.53. The fourth-order valence-electron chi connectivity index (χ4n) is 4.02. The number of rotatable bonds is 2. The summed E-state index contributed by atoms with van der Waals surface area (Å²) in [4.78, 5) is 15.0. The highest BCUT2D eigenvalue weighted by Crippen LogP contribution is 2.44. The molecule has 0 aromatic heterocycles. The molecule has 1 saturated heterocycles. The number of amides is 1. The predicted molar refractivity (Wildman–Crippen MR) is 97.2 cm³/mol. The summed E-state index contributed by atoms with van der Waals surface area (Å²) >= 11 is 0. The molecule has 2 aliphatic rings. The van der Waals surface area contributed by atoms with Crippen LogP contribution in [0.25, 0.3) is 0 Å². The second-order valence-electron chi connectivity index (χ2n) is 8.66. The van der Waals surface area contributed by atoms with Crippen LogP contribution < -0.4 is 0 Å². The first-order valence-electron chi connectivity index (χ1n) is 9.30. The largest absolute Gasteiger partial charge is 0.372 e. The molecule has 132 valence electrons. The summed E-state index contributed by atoms with van der Waals surface area (Å²) in [6, 6.07) is 8.92. The molecule has 4 atom stereocenters. The Bertz CT molecular complexity index is 577. The molecule has 3 nitrogen and oxygen atoms in total. The van der Waals surface area contributed by atoms with Crippen molar-refractivity contribution >= 4 is 5.91 Å². The van der Waals surface area contributed by atoms with Crippen LogP contribution in [0.1, 0.15) is 64.5 Å². The van der Waals surface area contributed by atoms with Gasteiger partial charge in [0.2, 0.25) is 5.91 Å². The number of hydrogen-bond donors (Lipinski definition) is 0. The minimum Gasteiger partial charge on any atom is -0.372 e. The quantitative estimate of drug-likeness (QED) is 0.817. The maximum absolute atomic E-state index is 13.0. The Hall–Kier alpha value is -1.35. The number of morpholine rings is 1. The minimum absolute atomic E-state index is 0.141. The van der Waals surface area contributed by atoms with Crippen LogP contribution >= 0.6 is 0 Å². The Balaban J connectivity index is 1.69. The van der Waals surface area contributed by atoms with Crippen molar-refractivity contribution in [2.45, 2.75) is 71.0 Å². The molecule has 1 saturated carbocycles. The van der Waals surface area contributed by atoms with E-state index in [9.17, 15) is 4.79 Å². The molecule has 24 heavy (non-hydrogen) atoms. The molecule has 1 amide bonds. The van der Waals surface area contributed by atoms with Gasteiger partial charge in [0.05, 0.1) is 12.2 Å². The van der Waals surface area contributed by atoms with Crippen molar-refractivity contribution in [3.05, 3.63) is 35.4 Å². The molecule has 1 aromatic carbocycles. The minimum atomic E-state index is 0.141. The molecule has 0 N–H and O–H groups in total. The molecule has 0 bridgehead atoms. The summed E-state index contributed by atoms with van der Waals surface area (Å²) in [5, 5.41) is 0. The van der Waals surface area contributed by atoms with Crippen molar-refractivity contribution in [1.29, 1.82) is 0 Å². The zero-order valence-corrected chi connectivity index (χ0v) is 15.7. The topological polar surface area (TPSA) is 29.5 Å². The number of carbonyl (C=O) groups is 1.